The molecule has 0 bridgehead atoms. The van der Waals surface area contributed by atoms with Gasteiger partial charge in [0.15, 0.2) is 0 Å². The van der Waals surface area contributed by atoms with Crippen molar-refractivity contribution in [1.82, 2.24) is 4.31 Å². The molecule has 1 N–H and O–H groups in total. The Bertz CT molecular complexity index is 620. The number of hydrogen-bond acceptors (Lipinski definition) is 3. The maximum absolute atomic E-state index is 12.6. The minimum atomic E-state index is -3.52. The van der Waals surface area contributed by atoms with Gasteiger partial charge in [-0.1, -0.05) is 20.8 Å². The molecule has 1 aromatic carbocycles. The van der Waals surface area contributed by atoms with E-state index in [1.165, 1.54) is 4.31 Å². The lowest BCUT2D eigenvalue weighted by Crippen LogP contribution is -2.30. The lowest BCUT2D eigenvalue weighted by molar-refractivity contribution is -0.115. The zero-order chi connectivity index (χ0) is 16.2. The average Bonchev–Trinajstić information content (AvgIpc) is 2.44. The average molecular weight is 312 g/mol. The number of nitrogens with one attached hydrogen (secondary N) is 1. The Kier molecular flexibility index (Phi) is 5.92. The van der Waals surface area contributed by atoms with E-state index in [1.807, 2.05) is 27.7 Å². The molecule has 5 nitrogen and oxygen atoms in total. The zero-order valence-corrected chi connectivity index (χ0v) is 14.2. The van der Waals surface area contributed by atoms with Gasteiger partial charge in [-0.25, -0.2) is 8.42 Å². The summed E-state index contributed by atoms with van der Waals surface area (Å²) in [5, 5.41) is 2.77. The van der Waals surface area contributed by atoms with Gasteiger partial charge in [-0.2, -0.15) is 4.31 Å². The van der Waals surface area contributed by atoms with E-state index in [2.05, 4.69) is 5.32 Å². The third-order valence-electron chi connectivity index (χ3n) is 3.58. The molecule has 118 valence electrons. The van der Waals surface area contributed by atoms with E-state index in [9.17, 15) is 13.2 Å². The molecule has 0 spiro atoms. The molecule has 1 aromatic rings. The highest BCUT2D eigenvalue weighted by atomic mass is 32.2. The number of anilines is 1. The number of amides is 1. The van der Waals surface area contributed by atoms with Gasteiger partial charge in [-0.3, -0.25) is 4.79 Å². The molecular formula is C15H24N2O3S. The molecule has 1 amide bonds. The van der Waals surface area contributed by atoms with E-state index in [-0.39, 0.29) is 10.8 Å². The first-order valence-corrected chi connectivity index (χ1v) is 8.63. The van der Waals surface area contributed by atoms with E-state index in [0.717, 1.165) is 11.1 Å². The maximum atomic E-state index is 12.6. The summed E-state index contributed by atoms with van der Waals surface area (Å²) in [6.07, 6.45) is 0.353. The summed E-state index contributed by atoms with van der Waals surface area (Å²) in [5.74, 6) is -0.130. The SMILES string of the molecule is CCC(=O)Nc1cc(S(=O)(=O)N(CC)CC)cc(C)c1C. The topological polar surface area (TPSA) is 66.5 Å². The predicted molar refractivity (Wildman–Crippen MR) is 84.9 cm³/mol. The first kappa shape index (κ1) is 17.7. The molecule has 0 radical (unpaired) electrons. The second-order valence-corrected chi connectivity index (χ2v) is 6.84. The number of aryl methyl sites for hydroxylation is 1. The smallest absolute Gasteiger partial charge is 0.243 e. The standard InChI is InChI=1S/C15H24N2O3S/c1-6-15(18)16-14-10-13(9-11(4)12(14)5)21(19,20)17(7-2)8-3/h9-10H,6-8H2,1-5H3,(H,16,18). The fraction of sp³-hybridized carbons (Fsp3) is 0.533. The summed E-state index contributed by atoms with van der Waals surface area (Å²) in [6.45, 7) is 9.93. The van der Waals surface area contributed by atoms with Crippen LogP contribution in [0.3, 0.4) is 0 Å². The van der Waals surface area contributed by atoms with Gasteiger partial charge in [-0.15, -0.1) is 0 Å². The summed E-state index contributed by atoms with van der Waals surface area (Å²) >= 11 is 0. The minimum absolute atomic E-state index is 0.130. The first-order valence-electron chi connectivity index (χ1n) is 7.19. The molecule has 0 heterocycles. The largest absolute Gasteiger partial charge is 0.326 e. The molecule has 0 aliphatic rings. The van der Waals surface area contributed by atoms with Crippen LogP contribution < -0.4 is 5.32 Å². The highest BCUT2D eigenvalue weighted by Crippen LogP contribution is 2.26. The molecule has 0 aliphatic carbocycles. The Morgan fingerprint density at radius 2 is 1.71 bits per heavy atom. The molecule has 6 heteroatoms. The highest BCUT2D eigenvalue weighted by molar-refractivity contribution is 7.89. The minimum Gasteiger partial charge on any atom is -0.326 e. The Morgan fingerprint density at radius 3 is 2.19 bits per heavy atom. The predicted octanol–water partition coefficient (Wildman–Crippen LogP) is 2.68. The van der Waals surface area contributed by atoms with E-state index in [1.54, 1.807) is 19.1 Å². The molecule has 1 rings (SSSR count). The normalized spacial score (nSPS) is 11.7. The van der Waals surface area contributed by atoms with E-state index in [0.29, 0.717) is 25.2 Å². The van der Waals surface area contributed by atoms with Crippen molar-refractivity contribution in [2.24, 2.45) is 0 Å². The second kappa shape index (κ2) is 7.04. The van der Waals surface area contributed by atoms with Crippen molar-refractivity contribution in [3.05, 3.63) is 23.3 Å². The first-order chi connectivity index (χ1) is 9.77. The number of carbonyl (C=O) groups is 1. The van der Waals surface area contributed by atoms with Gasteiger partial charge in [-0.05, 0) is 37.1 Å². The number of nitrogens with zero attached hydrogens (tertiary/aromatic N) is 1. The van der Waals surface area contributed by atoms with Crippen LogP contribution in [0.1, 0.15) is 38.3 Å². The van der Waals surface area contributed by atoms with Crippen molar-refractivity contribution >= 4 is 21.6 Å². The molecular weight excluding hydrogens is 288 g/mol. The molecule has 21 heavy (non-hydrogen) atoms. The van der Waals surface area contributed by atoms with Gasteiger partial charge in [0.2, 0.25) is 15.9 Å². The van der Waals surface area contributed by atoms with Crippen LogP contribution in [0.4, 0.5) is 5.69 Å². The van der Waals surface area contributed by atoms with E-state index in [4.69, 9.17) is 0 Å². The number of benzene rings is 1. The molecule has 0 atom stereocenters. The van der Waals surface area contributed by atoms with Crippen molar-refractivity contribution < 1.29 is 13.2 Å². The second-order valence-electron chi connectivity index (χ2n) is 4.90. The van der Waals surface area contributed by atoms with Crippen molar-refractivity contribution in [2.75, 3.05) is 18.4 Å². The van der Waals surface area contributed by atoms with Crippen LogP contribution >= 0.6 is 0 Å². The molecule has 0 saturated carbocycles. The zero-order valence-electron chi connectivity index (χ0n) is 13.4. The van der Waals surface area contributed by atoms with Crippen molar-refractivity contribution in [3.8, 4) is 0 Å². The molecule has 0 fully saturated rings. The van der Waals surface area contributed by atoms with Gasteiger partial charge in [0.1, 0.15) is 0 Å². The summed E-state index contributed by atoms with van der Waals surface area (Å²) in [5.41, 5.74) is 2.29. The van der Waals surface area contributed by atoms with Crippen LogP contribution in [0.25, 0.3) is 0 Å². The van der Waals surface area contributed by atoms with Gasteiger partial charge in [0.05, 0.1) is 4.90 Å². The Labute approximate surface area is 127 Å². The van der Waals surface area contributed by atoms with Crippen LogP contribution in [0, 0.1) is 13.8 Å². The summed E-state index contributed by atoms with van der Waals surface area (Å²) < 4.78 is 26.6. The fourth-order valence-corrected chi connectivity index (χ4v) is 3.63. The van der Waals surface area contributed by atoms with Gasteiger partial charge < -0.3 is 5.32 Å². The Balaban J connectivity index is 3.36. The molecule has 0 aromatic heterocycles. The molecule has 0 aliphatic heterocycles. The van der Waals surface area contributed by atoms with Crippen LogP contribution in [-0.4, -0.2) is 31.7 Å². The van der Waals surface area contributed by atoms with Crippen molar-refractivity contribution in [1.29, 1.82) is 0 Å². The Hall–Kier alpha value is -1.40. The molecule has 0 saturated heterocycles. The third-order valence-corrected chi connectivity index (χ3v) is 5.61. The monoisotopic (exact) mass is 312 g/mol. The number of rotatable bonds is 6. The lowest BCUT2D eigenvalue weighted by atomic mass is 10.1. The van der Waals surface area contributed by atoms with Crippen LogP contribution in [0.5, 0.6) is 0 Å². The quantitative estimate of drug-likeness (QED) is 0.878. The Morgan fingerprint density at radius 1 is 1.14 bits per heavy atom. The van der Waals surface area contributed by atoms with Crippen LogP contribution in [-0.2, 0) is 14.8 Å². The van der Waals surface area contributed by atoms with E-state index >= 15 is 0 Å². The van der Waals surface area contributed by atoms with Crippen molar-refractivity contribution in [2.45, 2.75) is 45.9 Å². The summed E-state index contributed by atoms with van der Waals surface area (Å²) in [4.78, 5) is 11.8. The summed E-state index contributed by atoms with van der Waals surface area (Å²) in [7, 11) is -3.52. The summed E-state index contributed by atoms with van der Waals surface area (Å²) in [6, 6.07) is 3.20. The van der Waals surface area contributed by atoms with E-state index < -0.39 is 10.0 Å². The lowest BCUT2D eigenvalue weighted by Gasteiger charge is -2.20. The highest BCUT2D eigenvalue weighted by Gasteiger charge is 2.23. The van der Waals surface area contributed by atoms with Crippen molar-refractivity contribution in [3.63, 3.8) is 0 Å². The van der Waals surface area contributed by atoms with Gasteiger partial charge in [0, 0.05) is 25.2 Å². The maximum Gasteiger partial charge on any atom is 0.243 e. The fourth-order valence-electron chi connectivity index (χ4n) is 2.06. The van der Waals surface area contributed by atoms with Gasteiger partial charge >= 0.3 is 0 Å². The van der Waals surface area contributed by atoms with Crippen LogP contribution in [0.15, 0.2) is 17.0 Å². The number of hydrogen-bond donors (Lipinski definition) is 1. The molecule has 0 unspecified atom stereocenters. The third kappa shape index (κ3) is 3.83. The number of carbonyl (C=O) groups excluding carboxylic acids is 1. The number of sulfonamides is 1. The van der Waals surface area contributed by atoms with Crippen LogP contribution in [0.2, 0.25) is 0 Å². The van der Waals surface area contributed by atoms with Gasteiger partial charge in [0.25, 0.3) is 0 Å².